The number of nitrogens with zero attached hydrogens (tertiary/aromatic N) is 1. The Morgan fingerprint density at radius 1 is 1.33 bits per heavy atom. The molecule has 1 aromatic rings. The number of rotatable bonds is 4. The summed E-state index contributed by atoms with van der Waals surface area (Å²) < 4.78 is 0. The summed E-state index contributed by atoms with van der Waals surface area (Å²) in [7, 11) is 1.96. The summed E-state index contributed by atoms with van der Waals surface area (Å²) in [5.74, 6) is 0.965. The summed E-state index contributed by atoms with van der Waals surface area (Å²) in [6.07, 6.45) is 1.82. The lowest BCUT2D eigenvalue weighted by atomic mass is 9.95. The molecule has 0 aliphatic rings. The molecule has 0 aliphatic carbocycles. The molecule has 3 nitrogen and oxygen atoms in total. The second-order valence-electron chi connectivity index (χ2n) is 4.57. The Morgan fingerprint density at radius 3 is 2.53 bits per heavy atom. The van der Waals surface area contributed by atoms with Crippen molar-refractivity contribution in [1.29, 1.82) is 0 Å². The number of hydrogen-bond acceptors (Lipinski definition) is 3. The normalized spacial score (nSPS) is 11.9. The van der Waals surface area contributed by atoms with E-state index in [2.05, 4.69) is 49.4 Å². The third-order valence-corrected chi connectivity index (χ3v) is 2.53. The molecular weight excluding hydrogens is 186 g/mol. The maximum Gasteiger partial charge on any atom is 0.131 e. The van der Waals surface area contributed by atoms with Crippen molar-refractivity contribution in [2.75, 3.05) is 12.4 Å². The van der Waals surface area contributed by atoms with Crippen molar-refractivity contribution >= 4 is 5.82 Å². The summed E-state index contributed by atoms with van der Waals surface area (Å²) in [5, 5.41) is 6.65. The van der Waals surface area contributed by atoms with Crippen molar-refractivity contribution in [3.63, 3.8) is 0 Å². The molecule has 1 aromatic heterocycles. The summed E-state index contributed by atoms with van der Waals surface area (Å²) in [6.45, 7) is 8.53. The van der Waals surface area contributed by atoms with E-state index in [4.69, 9.17) is 0 Å². The highest BCUT2D eigenvalue weighted by molar-refractivity contribution is 5.47. The van der Waals surface area contributed by atoms with Crippen LogP contribution in [0.5, 0.6) is 0 Å². The van der Waals surface area contributed by atoms with E-state index in [1.807, 2.05) is 19.3 Å². The quantitative estimate of drug-likeness (QED) is 0.796. The average Bonchev–Trinajstić information content (AvgIpc) is 2.17. The van der Waals surface area contributed by atoms with Crippen LogP contribution in [0.1, 0.15) is 33.3 Å². The zero-order valence-corrected chi connectivity index (χ0v) is 10.3. The molecular formula is C12H21N3. The topological polar surface area (TPSA) is 37.0 Å². The van der Waals surface area contributed by atoms with Crippen LogP contribution in [0, 0.1) is 0 Å². The van der Waals surface area contributed by atoms with Gasteiger partial charge < -0.3 is 10.6 Å². The van der Waals surface area contributed by atoms with Crippen LogP contribution in [0.2, 0.25) is 0 Å². The predicted molar refractivity (Wildman–Crippen MR) is 65.1 cm³/mol. The zero-order chi connectivity index (χ0) is 11.5. The van der Waals surface area contributed by atoms with Crippen molar-refractivity contribution in [3.05, 3.63) is 23.9 Å². The molecule has 0 aromatic carbocycles. The first kappa shape index (κ1) is 12.0. The van der Waals surface area contributed by atoms with Crippen LogP contribution in [-0.4, -0.2) is 18.1 Å². The van der Waals surface area contributed by atoms with Crippen molar-refractivity contribution in [2.24, 2.45) is 0 Å². The first-order valence-electron chi connectivity index (χ1n) is 5.38. The lowest BCUT2D eigenvalue weighted by Crippen LogP contribution is -2.34. The smallest absolute Gasteiger partial charge is 0.131 e. The van der Waals surface area contributed by atoms with Crippen molar-refractivity contribution in [2.45, 2.75) is 39.3 Å². The van der Waals surface area contributed by atoms with E-state index in [1.54, 1.807) is 0 Å². The Morgan fingerprint density at radius 2 is 2.00 bits per heavy atom. The Labute approximate surface area is 92.3 Å². The largest absolute Gasteiger partial charge is 0.368 e. The summed E-state index contributed by atoms with van der Waals surface area (Å²) in [4.78, 5) is 4.38. The number of nitrogens with one attached hydrogen (secondary N) is 2. The molecule has 84 valence electrons. The number of pyridine rings is 1. The van der Waals surface area contributed by atoms with Gasteiger partial charge in [-0.25, -0.2) is 4.98 Å². The second-order valence-corrected chi connectivity index (χ2v) is 4.57. The zero-order valence-electron chi connectivity index (χ0n) is 10.3. The van der Waals surface area contributed by atoms with E-state index in [0.29, 0.717) is 6.04 Å². The molecule has 1 rings (SSSR count). The van der Waals surface area contributed by atoms with Gasteiger partial charge in [-0.1, -0.05) is 6.07 Å². The molecule has 0 spiro atoms. The highest BCUT2D eigenvalue weighted by Gasteiger charge is 2.21. The Hall–Kier alpha value is -1.09. The monoisotopic (exact) mass is 207 g/mol. The standard InChI is InChI=1S/C12H21N3/c1-9(2)15-11-10(7-6-8-14-11)12(3,4)13-5/h6-9,13H,1-5H3,(H,14,15). The maximum absolute atomic E-state index is 4.38. The molecule has 1 heterocycles. The van der Waals surface area contributed by atoms with Gasteiger partial charge in [0.15, 0.2) is 0 Å². The predicted octanol–water partition coefficient (Wildman–Crippen LogP) is 2.36. The van der Waals surface area contributed by atoms with Gasteiger partial charge in [0, 0.05) is 23.3 Å². The molecule has 0 amide bonds. The van der Waals surface area contributed by atoms with Gasteiger partial charge in [-0.2, -0.15) is 0 Å². The third kappa shape index (κ3) is 2.93. The van der Waals surface area contributed by atoms with Crippen LogP contribution in [0.4, 0.5) is 5.82 Å². The number of aromatic nitrogens is 1. The van der Waals surface area contributed by atoms with Gasteiger partial charge in [0.05, 0.1) is 0 Å². The van der Waals surface area contributed by atoms with E-state index >= 15 is 0 Å². The summed E-state index contributed by atoms with van der Waals surface area (Å²) in [6, 6.07) is 4.47. The highest BCUT2D eigenvalue weighted by atomic mass is 15.0. The third-order valence-electron chi connectivity index (χ3n) is 2.53. The van der Waals surface area contributed by atoms with Crippen LogP contribution in [0.3, 0.4) is 0 Å². The molecule has 15 heavy (non-hydrogen) atoms. The molecule has 0 atom stereocenters. The fraction of sp³-hybridized carbons (Fsp3) is 0.583. The minimum Gasteiger partial charge on any atom is -0.368 e. The fourth-order valence-electron chi connectivity index (χ4n) is 1.43. The van der Waals surface area contributed by atoms with Crippen LogP contribution in [0.25, 0.3) is 0 Å². The molecule has 0 saturated heterocycles. The summed E-state index contributed by atoms with van der Waals surface area (Å²) in [5.41, 5.74) is 1.13. The molecule has 0 bridgehead atoms. The van der Waals surface area contributed by atoms with Gasteiger partial charge in [0.1, 0.15) is 5.82 Å². The number of hydrogen-bond donors (Lipinski definition) is 2. The maximum atomic E-state index is 4.38. The van der Waals surface area contributed by atoms with E-state index < -0.39 is 0 Å². The highest BCUT2D eigenvalue weighted by Crippen LogP contribution is 2.25. The molecule has 0 saturated carbocycles. The molecule has 0 radical (unpaired) electrons. The van der Waals surface area contributed by atoms with E-state index in [-0.39, 0.29) is 5.54 Å². The lowest BCUT2D eigenvalue weighted by Gasteiger charge is -2.27. The molecule has 2 N–H and O–H groups in total. The van der Waals surface area contributed by atoms with Crippen LogP contribution in [0.15, 0.2) is 18.3 Å². The van der Waals surface area contributed by atoms with Crippen LogP contribution in [-0.2, 0) is 5.54 Å². The SMILES string of the molecule is CNC(C)(C)c1cccnc1NC(C)C. The van der Waals surface area contributed by atoms with E-state index in [9.17, 15) is 0 Å². The fourth-order valence-corrected chi connectivity index (χ4v) is 1.43. The summed E-state index contributed by atoms with van der Waals surface area (Å²) >= 11 is 0. The molecule has 0 fully saturated rings. The minimum atomic E-state index is -0.0640. The van der Waals surface area contributed by atoms with Crippen LogP contribution >= 0.6 is 0 Å². The Kier molecular flexibility index (Phi) is 3.69. The number of anilines is 1. The van der Waals surface area contributed by atoms with Gasteiger partial charge >= 0.3 is 0 Å². The molecule has 0 unspecified atom stereocenters. The van der Waals surface area contributed by atoms with Crippen molar-refractivity contribution < 1.29 is 0 Å². The Balaban J connectivity index is 3.06. The van der Waals surface area contributed by atoms with Gasteiger partial charge in [-0.3, -0.25) is 0 Å². The molecule has 0 aliphatic heterocycles. The van der Waals surface area contributed by atoms with Gasteiger partial charge in [0.2, 0.25) is 0 Å². The van der Waals surface area contributed by atoms with Crippen LogP contribution < -0.4 is 10.6 Å². The second kappa shape index (κ2) is 4.62. The van der Waals surface area contributed by atoms with Gasteiger partial charge in [-0.15, -0.1) is 0 Å². The molecule has 3 heteroatoms. The van der Waals surface area contributed by atoms with Gasteiger partial charge in [0.25, 0.3) is 0 Å². The van der Waals surface area contributed by atoms with Crippen molar-refractivity contribution in [3.8, 4) is 0 Å². The van der Waals surface area contributed by atoms with E-state index in [0.717, 1.165) is 5.82 Å². The lowest BCUT2D eigenvalue weighted by molar-refractivity contribution is 0.444. The van der Waals surface area contributed by atoms with Gasteiger partial charge in [-0.05, 0) is 40.8 Å². The first-order chi connectivity index (χ1) is 6.97. The Bertz CT molecular complexity index is 318. The van der Waals surface area contributed by atoms with E-state index in [1.165, 1.54) is 5.56 Å². The minimum absolute atomic E-state index is 0.0640. The average molecular weight is 207 g/mol. The van der Waals surface area contributed by atoms with Crippen molar-refractivity contribution in [1.82, 2.24) is 10.3 Å². The first-order valence-corrected chi connectivity index (χ1v) is 5.38.